The van der Waals surface area contributed by atoms with Crippen LogP contribution in [0.4, 0.5) is 5.69 Å². The number of sulfonamides is 1. The van der Waals surface area contributed by atoms with E-state index in [1.165, 1.54) is 22.6 Å². The molecule has 2 heterocycles. The maximum absolute atomic E-state index is 13.5. The average molecular weight is 514 g/mol. The molecule has 3 N–H and O–H groups in total. The minimum Gasteiger partial charge on any atom is -0.322 e. The summed E-state index contributed by atoms with van der Waals surface area (Å²) in [5.74, 6) is -0.704. The number of halogens is 1. The summed E-state index contributed by atoms with van der Waals surface area (Å²) < 4.78 is 29.2. The molecule has 1 atom stereocenters. The van der Waals surface area contributed by atoms with Gasteiger partial charge in [0.1, 0.15) is 4.90 Å². The Morgan fingerprint density at radius 1 is 1.26 bits per heavy atom. The molecule has 0 radical (unpaired) electrons. The van der Waals surface area contributed by atoms with Gasteiger partial charge in [0.2, 0.25) is 0 Å². The molecule has 5 rings (SSSR count). The molecule has 1 aromatic heterocycles. The highest BCUT2D eigenvalue weighted by molar-refractivity contribution is 7.93. The summed E-state index contributed by atoms with van der Waals surface area (Å²) in [4.78, 5) is 12.8. The first-order valence-electron chi connectivity index (χ1n) is 11.7. The zero-order valence-corrected chi connectivity index (χ0v) is 21.0. The highest BCUT2D eigenvalue weighted by atomic mass is 35.5. The predicted molar refractivity (Wildman–Crippen MR) is 135 cm³/mol. The number of carbonyl (C=O) groups is 1. The summed E-state index contributed by atoms with van der Waals surface area (Å²) >= 11 is 6.16. The van der Waals surface area contributed by atoms with Gasteiger partial charge in [0.05, 0.1) is 18.4 Å². The molecule has 35 heavy (non-hydrogen) atoms. The molecule has 10 heteroatoms. The van der Waals surface area contributed by atoms with Crippen LogP contribution in [0.25, 0.3) is 0 Å². The fourth-order valence-corrected chi connectivity index (χ4v) is 6.92. The van der Waals surface area contributed by atoms with E-state index in [-0.39, 0.29) is 22.0 Å². The van der Waals surface area contributed by atoms with Crippen LogP contribution >= 0.6 is 11.6 Å². The van der Waals surface area contributed by atoms with Crippen molar-refractivity contribution in [3.63, 3.8) is 0 Å². The molecule has 1 aliphatic carbocycles. The number of nitrogens with one attached hydrogen (secondary N) is 1. The van der Waals surface area contributed by atoms with E-state index in [1.807, 2.05) is 24.3 Å². The number of hydrogen-bond acceptors (Lipinski definition) is 6. The Balaban J connectivity index is 1.61. The molecule has 0 bridgehead atoms. The van der Waals surface area contributed by atoms with E-state index in [2.05, 4.69) is 22.5 Å². The number of anilines is 1. The summed E-state index contributed by atoms with van der Waals surface area (Å²) in [6, 6.07) is 13.4. The first-order valence-corrected chi connectivity index (χ1v) is 13.5. The molecule has 8 nitrogen and oxygen atoms in total. The smallest absolute Gasteiger partial charge is 0.274 e. The number of amides is 1. The Morgan fingerprint density at radius 2 is 2.00 bits per heavy atom. The predicted octanol–water partition coefficient (Wildman–Crippen LogP) is 3.06. The molecule has 1 aliphatic heterocycles. The third-order valence-corrected chi connectivity index (χ3v) is 9.21. The molecule has 1 saturated carbocycles. The van der Waals surface area contributed by atoms with Crippen molar-refractivity contribution >= 4 is 33.2 Å². The number of benzene rings is 2. The first-order chi connectivity index (χ1) is 16.8. The minimum atomic E-state index is -4.19. The maximum atomic E-state index is 13.5. The minimum absolute atomic E-state index is 0.0166. The van der Waals surface area contributed by atoms with Crippen molar-refractivity contribution in [1.82, 2.24) is 15.1 Å². The molecule has 0 spiro atoms. The van der Waals surface area contributed by atoms with Crippen molar-refractivity contribution in [3.05, 3.63) is 76.6 Å². The largest absolute Gasteiger partial charge is 0.322 e. The van der Waals surface area contributed by atoms with Crippen molar-refractivity contribution in [2.24, 2.45) is 12.8 Å². The lowest BCUT2D eigenvalue weighted by Crippen LogP contribution is -2.49. The van der Waals surface area contributed by atoms with Crippen LogP contribution in [0.3, 0.4) is 0 Å². The Bertz CT molecular complexity index is 1370. The van der Waals surface area contributed by atoms with Crippen LogP contribution < -0.4 is 15.4 Å². The van der Waals surface area contributed by atoms with Gasteiger partial charge in [-0.15, -0.1) is 0 Å². The van der Waals surface area contributed by atoms with E-state index < -0.39 is 22.5 Å². The molecule has 2 aliphatic rings. The zero-order chi connectivity index (χ0) is 24.8. The lowest BCUT2D eigenvalue weighted by atomic mass is 9.58. The van der Waals surface area contributed by atoms with E-state index in [9.17, 15) is 13.2 Å². The van der Waals surface area contributed by atoms with E-state index in [0.29, 0.717) is 5.02 Å². The number of aromatic nitrogens is 2. The van der Waals surface area contributed by atoms with Crippen LogP contribution in [-0.2, 0) is 33.7 Å². The standard InChI is InChI=1S/C25H28ClN5O3S/c1-30-16-21(15-29-30)35(33,34)31(23(32)14-27)20-8-3-17-9-12-28-24(22(17)13-20)25(10-2-11-25)18-4-6-19(26)7-5-18/h3-8,13,15-16,24,28H,2,9-12,14,27H2,1H3. The second kappa shape index (κ2) is 9.05. The van der Waals surface area contributed by atoms with E-state index >= 15 is 0 Å². The fourth-order valence-electron chi connectivity index (χ4n) is 5.38. The second-order valence-corrected chi connectivity index (χ2v) is 11.5. The summed E-state index contributed by atoms with van der Waals surface area (Å²) in [6.07, 6.45) is 6.56. The Hall–Kier alpha value is -2.72. The van der Waals surface area contributed by atoms with Crippen molar-refractivity contribution in [1.29, 1.82) is 0 Å². The van der Waals surface area contributed by atoms with Crippen LogP contribution in [0.2, 0.25) is 5.02 Å². The quantitative estimate of drug-likeness (QED) is 0.524. The van der Waals surface area contributed by atoms with Gasteiger partial charge in [-0.1, -0.05) is 36.2 Å². The normalized spacial score (nSPS) is 19.0. The van der Waals surface area contributed by atoms with Crippen molar-refractivity contribution in [2.75, 3.05) is 17.4 Å². The number of fused-ring (bicyclic) bond motifs is 1. The third-order valence-electron chi connectivity index (χ3n) is 7.26. The molecule has 2 aromatic carbocycles. The summed E-state index contributed by atoms with van der Waals surface area (Å²) in [7, 11) is -2.56. The highest BCUT2D eigenvalue weighted by Gasteiger charge is 2.47. The molecule has 3 aromatic rings. The highest BCUT2D eigenvalue weighted by Crippen LogP contribution is 2.54. The number of aryl methyl sites for hydroxylation is 1. The monoisotopic (exact) mass is 513 g/mol. The van der Waals surface area contributed by atoms with Crippen LogP contribution in [0.5, 0.6) is 0 Å². The Labute approximate surface area is 210 Å². The van der Waals surface area contributed by atoms with Crippen LogP contribution in [0, 0.1) is 0 Å². The van der Waals surface area contributed by atoms with Gasteiger partial charge in [-0.2, -0.15) is 5.10 Å². The fraction of sp³-hybridized carbons (Fsp3) is 0.360. The van der Waals surface area contributed by atoms with Crippen LogP contribution in [-0.4, -0.2) is 37.2 Å². The van der Waals surface area contributed by atoms with Gasteiger partial charge in [-0.25, -0.2) is 12.7 Å². The topological polar surface area (TPSA) is 110 Å². The second-order valence-electron chi connectivity index (χ2n) is 9.25. The average Bonchev–Trinajstić information content (AvgIpc) is 3.27. The first kappa shape index (κ1) is 24.0. The van der Waals surface area contributed by atoms with E-state index in [4.69, 9.17) is 17.3 Å². The van der Waals surface area contributed by atoms with Gasteiger partial charge in [-0.05, 0) is 66.8 Å². The number of carbonyl (C=O) groups excluding carboxylic acids is 1. The molecular weight excluding hydrogens is 486 g/mol. The van der Waals surface area contributed by atoms with Crippen molar-refractivity contribution in [3.8, 4) is 0 Å². The SMILES string of the molecule is Cn1cc(S(=O)(=O)N(C(=O)CN)c2ccc3c(c2)C(C2(c4ccc(Cl)cc4)CCC2)NCC3)cn1. The third kappa shape index (κ3) is 4.06. The molecule has 1 amide bonds. The lowest BCUT2D eigenvalue weighted by Gasteiger charge is -2.50. The van der Waals surface area contributed by atoms with E-state index in [1.54, 1.807) is 13.1 Å². The van der Waals surface area contributed by atoms with Crippen molar-refractivity contribution < 1.29 is 13.2 Å². The van der Waals surface area contributed by atoms with Gasteiger partial charge < -0.3 is 11.1 Å². The summed E-state index contributed by atoms with van der Waals surface area (Å²) in [5.41, 5.74) is 9.18. The number of rotatable bonds is 6. The Morgan fingerprint density at radius 3 is 2.60 bits per heavy atom. The summed E-state index contributed by atoms with van der Waals surface area (Å²) in [5, 5.41) is 8.35. The Kier molecular flexibility index (Phi) is 6.21. The number of hydrogen-bond donors (Lipinski definition) is 2. The van der Waals surface area contributed by atoms with Gasteiger partial charge >= 0.3 is 0 Å². The molecule has 1 fully saturated rings. The zero-order valence-electron chi connectivity index (χ0n) is 19.4. The van der Waals surface area contributed by atoms with Gasteiger partial charge in [-0.3, -0.25) is 9.48 Å². The number of nitrogens with two attached hydrogens (primary N) is 1. The van der Waals surface area contributed by atoms with Crippen LogP contribution in [0.1, 0.15) is 42.0 Å². The van der Waals surface area contributed by atoms with E-state index in [0.717, 1.165) is 47.7 Å². The molecular formula is C25H28ClN5O3S. The lowest BCUT2D eigenvalue weighted by molar-refractivity contribution is -0.116. The molecule has 1 unspecified atom stereocenters. The van der Waals surface area contributed by atoms with Gasteiger partial charge in [0, 0.05) is 29.7 Å². The van der Waals surface area contributed by atoms with Gasteiger partial charge in [0.25, 0.3) is 15.9 Å². The van der Waals surface area contributed by atoms with Crippen molar-refractivity contribution in [2.45, 2.75) is 42.0 Å². The maximum Gasteiger partial charge on any atom is 0.274 e. The summed E-state index contributed by atoms with van der Waals surface area (Å²) in [6.45, 7) is 0.388. The van der Waals surface area contributed by atoms with Gasteiger partial charge in [0.15, 0.2) is 0 Å². The number of nitrogens with zero attached hydrogens (tertiary/aromatic N) is 3. The molecule has 0 saturated heterocycles. The molecule has 184 valence electrons. The van der Waals surface area contributed by atoms with Crippen LogP contribution in [0.15, 0.2) is 59.8 Å².